The Morgan fingerprint density at radius 2 is 2.00 bits per heavy atom. The number of aliphatic carboxylic acids is 1. The summed E-state index contributed by atoms with van der Waals surface area (Å²) in [7, 11) is 0. The minimum atomic E-state index is -4.55. The van der Waals surface area contributed by atoms with Crippen LogP contribution in [-0.4, -0.2) is 21.7 Å². The van der Waals surface area contributed by atoms with E-state index in [0.29, 0.717) is 29.3 Å². The monoisotopic (exact) mass is 505 g/mol. The second-order valence-electron chi connectivity index (χ2n) is 8.40. The number of benzene rings is 2. The average Bonchev–Trinajstić information content (AvgIpc) is 3.25. The molecule has 2 aromatic carbocycles. The second kappa shape index (κ2) is 10.4. The summed E-state index contributed by atoms with van der Waals surface area (Å²) in [6.07, 6.45) is -4.21. The maximum atomic E-state index is 13.5. The number of hydrogen-bond acceptors (Lipinski definition) is 3. The first-order valence-corrected chi connectivity index (χ1v) is 11.0. The van der Waals surface area contributed by atoms with Crippen molar-refractivity contribution in [3.8, 4) is 11.5 Å². The van der Waals surface area contributed by atoms with Crippen LogP contribution in [0.3, 0.4) is 0 Å². The Kier molecular flexibility index (Phi) is 8.18. The molecule has 0 radical (unpaired) electrons. The largest absolute Gasteiger partial charge is 1.00 e. The molecule has 0 unspecified atom stereocenters. The summed E-state index contributed by atoms with van der Waals surface area (Å²) in [6.45, 7) is 3.95. The molecule has 1 atom stereocenters. The van der Waals surface area contributed by atoms with Crippen LogP contribution < -0.4 is 39.0 Å². The van der Waals surface area contributed by atoms with E-state index in [1.807, 2.05) is 10.6 Å². The van der Waals surface area contributed by atoms with E-state index in [1.165, 1.54) is 6.07 Å². The number of carbonyl (C=O) groups is 1. The third-order valence-corrected chi connectivity index (χ3v) is 6.03. The maximum absolute atomic E-state index is 13.5. The van der Waals surface area contributed by atoms with Gasteiger partial charge in [0.25, 0.3) is 0 Å². The van der Waals surface area contributed by atoms with Gasteiger partial charge in [-0.1, -0.05) is 17.7 Å². The quantitative estimate of drug-likeness (QED) is 0.497. The Hall–Kier alpha value is -1.87. The summed E-state index contributed by atoms with van der Waals surface area (Å²) in [6, 6.07) is 9.19. The average molecular weight is 506 g/mol. The number of aromatic nitrogens is 1. The van der Waals surface area contributed by atoms with Gasteiger partial charge in [0.2, 0.25) is 0 Å². The van der Waals surface area contributed by atoms with Crippen molar-refractivity contribution in [1.82, 2.24) is 4.57 Å². The molecule has 3 aromatic rings. The Labute approximate surface area is 223 Å². The van der Waals surface area contributed by atoms with Gasteiger partial charge in [0, 0.05) is 23.5 Å². The minimum absolute atomic E-state index is 0. The predicted octanol–water partition coefficient (Wildman–Crippen LogP) is 3.76. The Balaban J connectivity index is 0.00000216. The first kappa shape index (κ1) is 26.7. The molecule has 0 aliphatic carbocycles. The number of carboxylic acids is 1. The number of nitrogens with zero attached hydrogens (tertiary/aromatic N) is 1. The molecule has 1 N–H and O–H groups in total. The molecule has 1 aliphatic rings. The van der Waals surface area contributed by atoms with Crippen molar-refractivity contribution in [3.05, 3.63) is 58.2 Å². The second-order valence-corrected chi connectivity index (χ2v) is 8.77. The van der Waals surface area contributed by atoms with E-state index in [9.17, 15) is 18.0 Å². The fraction of sp³-hybridized carbons (Fsp3) is 0.375. The number of aryl methyl sites for hydroxylation is 1. The van der Waals surface area contributed by atoms with Gasteiger partial charge < -0.3 is 20.6 Å². The zero-order chi connectivity index (χ0) is 23.9. The molecule has 0 bridgehead atoms. The van der Waals surface area contributed by atoms with E-state index >= 15 is 0 Å². The number of alkyl halides is 3. The van der Waals surface area contributed by atoms with Crippen molar-refractivity contribution < 1.29 is 63.5 Å². The molecule has 5 nitrogen and oxygen atoms in total. The van der Waals surface area contributed by atoms with Crippen LogP contribution in [0.1, 0.15) is 50.9 Å². The topological polar surface area (TPSA) is 60.7 Å². The van der Waals surface area contributed by atoms with Crippen molar-refractivity contribution >= 4 is 28.5 Å². The van der Waals surface area contributed by atoms with E-state index in [4.69, 9.17) is 26.2 Å². The first-order valence-electron chi connectivity index (χ1n) is 10.6. The predicted molar refractivity (Wildman–Crippen MR) is 119 cm³/mol. The molecule has 10 heteroatoms. The number of hydrogen-bond donors (Lipinski definition) is 1. The molecule has 34 heavy (non-hydrogen) atoms. The van der Waals surface area contributed by atoms with Crippen LogP contribution in [0.25, 0.3) is 10.9 Å². The van der Waals surface area contributed by atoms with Crippen molar-refractivity contribution in [2.45, 2.75) is 58.0 Å². The molecule has 1 aromatic heterocycles. The van der Waals surface area contributed by atoms with E-state index in [1.54, 1.807) is 32.0 Å². The van der Waals surface area contributed by atoms with Gasteiger partial charge in [-0.05, 0) is 56.2 Å². The van der Waals surface area contributed by atoms with Gasteiger partial charge in [-0.3, -0.25) is 4.79 Å². The van der Waals surface area contributed by atoms with Gasteiger partial charge in [0.15, 0.2) is 0 Å². The standard InChI is InChI=1S/C24H23ClF3NO4.Na.H/c1-13(2)33-20-6-3-14(9-18(20)24(26,27)28)12-32-16-4-5-19-17(11-16)22(25)23-15(10-21(30)31)7-8-29(19)23;;/h3-6,9,11,13,15H,7-8,10,12H2,1-2H3,(H,30,31);;/q;+1;-1/t15-;;/m1../s1. The van der Waals surface area contributed by atoms with Gasteiger partial charge in [0.05, 0.1) is 28.6 Å². The summed E-state index contributed by atoms with van der Waals surface area (Å²) >= 11 is 6.59. The molecular formula is C24H24ClF3NNaO4. The SMILES string of the molecule is CC(C)Oc1ccc(COc2ccc3c(c2)c(Cl)c2n3CC[C@@H]2CC(=O)O)cc1C(F)(F)F.[H-].[Na+]. The summed E-state index contributed by atoms with van der Waals surface area (Å²) in [5, 5.41) is 10.4. The van der Waals surface area contributed by atoms with Gasteiger partial charge in [-0.15, -0.1) is 0 Å². The van der Waals surface area contributed by atoms with Crippen LogP contribution in [0.5, 0.6) is 11.5 Å². The smallest absolute Gasteiger partial charge is 1.00 e. The van der Waals surface area contributed by atoms with E-state index < -0.39 is 17.7 Å². The first-order chi connectivity index (χ1) is 15.5. The molecule has 0 saturated carbocycles. The van der Waals surface area contributed by atoms with Crippen LogP contribution in [-0.2, 0) is 24.1 Å². The van der Waals surface area contributed by atoms with Crippen LogP contribution in [0.2, 0.25) is 5.02 Å². The van der Waals surface area contributed by atoms with Crippen molar-refractivity contribution in [3.63, 3.8) is 0 Å². The summed E-state index contributed by atoms with van der Waals surface area (Å²) < 4.78 is 53.5. The molecule has 0 saturated heterocycles. The number of fused-ring (bicyclic) bond motifs is 3. The van der Waals surface area contributed by atoms with Gasteiger partial charge in [0.1, 0.15) is 18.1 Å². The van der Waals surface area contributed by atoms with Gasteiger partial charge in [-0.2, -0.15) is 13.2 Å². The third kappa shape index (κ3) is 5.51. The van der Waals surface area contributed by atoms with Crippen molar-refractivity contribution in [2.24, 2.45) is 0 Å². The summed E-state index contributed by atoms with van der Waals surface area (Å²) in [5.41, 5.74) is 1.20. The minimum Gasteiger partial charge on any atom is -1.00 e. The number of rotatable bonds is 7. The fourth-order valence-electron chi connectivity index (χ4n) is 4.29. The number of carboxylic acid groups (broad SMARTS) is 1. The number of halogens is 4. The van der Waals surface area contributed by atoms with Crippen LogP contribution >= 0.6 is 11.6 Å². The summed E-state index contributed by atoms with van der Waals surface area (Å²) in [4.78, 5) is 11.2. The molecule has 4 rings (SSSR count). The molecule has 0 spiro atoms. The molecule has 2 heterocycles. The maximum Gasteiger partial charge on any atom is 1.00 e. The normalized spacial score (nSPS) is 15.3. The Bertz CT molecular complexity index is 1220. The fourth-order valence-corrected chi connectivity index (χ4v) is 4.69. The van der Waals surface area contributed by atoms with Crippen LogP contribution in [0.4, 0.5) is 13.2 Å². The molecule has 0 fully saturated rings. The van der Waals surface area contributed by atoms with Crippen molar-refractivity contribution in [1.29, 1.82) is 0 Å². The van der Waals surface area contributed by atoms with Crippen molar-refractivity contribution in [2.75, 3.05) is 0 Å². The van der Waals surface area contributed by atoms with Gasteiger partial charge >= 0.3 is 41.7 Å². The van der Waals surface area contributed by atoms with Gasteiger partial charge in [-0.25, -0.2) is 0 Å². The Morgan fingerprint density at radius 1 is 1.26 bits per heavy atom. The van der Waals surface area contributed by atoms with E-state index in [0.717, 1.165) is 22.7 Å². The van der Waals surface area contributed by atoms with E-state index in [2.05, 4.69) is 0 Å². The molecule has 178 valence electrons. The third-order valence-electron chi connectivity index (χ3n) is 5.64. The zero-order valence-corrected chi connectivity index (χ0v) is 21.8. The van der Waals surface area contributed by atoms with Crippen LogP contribution in [0, 0.1) is 0 Å². The number of ether oxygens (including phenoxy) is 2. The summed E-state index contributed by atoms with van der Waals surface area (Å²) in [5.74, 6) is -0.783. The molecular weight excluding hydrogens is 482 g/mol. The Morgan fingerprint density at radius 3 is 2.65 bits per heavy atom. The van der Waals surface area contributed by atoms with E-state index in [-0.39, 0.29) is 61.8 Å². The van der Waals surface area contributed by atoms with Crippen LogP contribution in [0.15, 0.2) is 36.4 Å². The molecule has 0 amide bonds. The zero-order valence-electron chi connectivity index (χ0n) is 20.1. The molecule has 1 aliphatic heterocycles.